The zero-order valence-electron chi connectivity index (χ0n) is 10.1. The highest BCUT2D eigenvalue weighted by atomic mass is 28.4. The molecule has 0 bridgehead atoms. The standard InChI is InChI=1S/C10H24O2Si/c1-8-10(4,5)13(7,11-6)12-9(2)3/h9H,8H2,1-7H3. The maximum atomic E-state index is 5.96. The lowest BCUT2D eigenvalue weighted by molar-refractivity contribution is 0.136. The van der Waals surface area contributed by atoms with Crippen LogP contribution in [0.25, 0.3) is 0 Å². The highest BCUT2D eigenvalue weighted by Crippen LogP contribution is 2.41. The van der Waals surface area contributed by atoms with Gasteiger partial charge in [-0.25, -0.2) is 0 Å². The van der Waals surface area contributed by atoms with Crippen LogP contribution in [-0.2, 0) is 8.85 Å². The second kappa shape index (κ2) is 4.58. The van der Waals surface area contributed by atoms with Crippen molar-refractivity contribution < 1.29 is 8.85 Å². The van der Waals surface area contributed by atoms with Crippen LogP contribution in [-0.4, -0.2) is 21.8 Å². The van der Waals surface area contributed by atoms with Crippen LogP contribution in [0, 0.1) is 0 Å². The quantitative estimate of drug-likeness (QED) is 0.640. The van der Waals surface area contributed by atoms with Gasteiger partial charge in [0.25, 0.3) is 0 Å². The lowest BCUT2D eigenvalue weighted by Gasteiger charge is -2.40. The van der Waals surface area contributed by atoms with E-state index in [1.807, 2.05) is 0 Å². The van der Waals surface area contributed by atoms with E-state index in [1.54, 1.807) is 7.11 Å². The Kier molecular flexibility index (Phi) is 4.62. The summed E-state index contributed by atoms with van der Waals surface area (Å²) < 4.78 is 11.6. The van der Waals surface area contributed by atoms with Crippen molar-refractivity contribution in [2.24, 2.45) is 0 Å². The molecule has 0 spiro atoms. The third-order valence-corrected chi connectivity index (χ3v) is 7.48. The van der Waals surface area contributed by atoms with Crippen LogP contribution in [0.15, 0.2) is 0 Å². The van der Waals surface area contributed by atoms with Gasteiger partial charge < -0.3 is 8.85 Å². The summed E-state index contributed by atoms with van der Waals surface area (Å²) in [5, 5.41) is 0.173. The zero-order chi connectivity index (χ0) is 10.7. The number of hydrogen-bond acceptors (Lipinski definition) is 2. The minimum atomic E-state index is -2.01. The van der Waals surface area contributed by atoms with Crippen molar-refractivity contribution in [1.29, 1.82) is 0 Å². The molecule has 2 nitrogen and oxygen atoms in total. The van der Waals surface area contributed by atoms with E-state index >= 15 is 0 Å². The summed E-state index contributed by atoms with van der Waals surface area (Å²) in [6.07, 6.45) is 1.35. The fourth-order valence-electron chi connectivity index (χ4n) is 1.25. The van der Waals surface area contributed by atoms with Crippen molar-refractivity contribution >= 4 is 8.56 Å². The largest absolute Gasteiger partial charge is 0.397 e. The molecule has 0 saturated carbocycles. The lowest BCUT2D eigenvalue weighted by atomic mass is 10.1. The molecule has 0 aromatic rings. The summed E-state index contributed by atoms with van der Waals surface area (Å²) in [6, 6.07) is 0. The minimum Gasteiger partial charge on any atom is -0.397 e. The summed E-state index contributed by atoms with van der Waals surface area (Å²) in [5.74, 6) is 0. The van der Waals surface area contributed by atoms with Crippen LogP contribution in [0.2, 0.25) is 11.6 Å². The topological polar surface area (TPSA) is 18.5 Å². The third kappa shape index (κ3) is 3.08. The molecule has 0 amide bonds. The van der Waals surface area contributed by atoms with Gasteiger partial charge in [0.2, 0.25) is 0 Å². The summed E-state index contributed by atoms with van der Waals surface area (Å²) in [6.45, 7) is 12.9. The Labute approximate surface area is 83.9 Å². The van der Waals surface area contributed by atoms with Crippen LogP contribution in [0.3, 0.4) is 0 Å². The molecule has 0 aliphatic heterocycles. The van der Waals surface area contributed by atoms with Crippen LogP contribution in [0.4, 0.5) is 0 Å². The van der Waals surface area contributed by atoms with Gasteiger partial charge in [-0.2, -0.15) is 0 Å². The van der Waals surface area contributed by atoms with Crippen LogP contribution in [0.1, 0.15) is 41.0 Å². The normalized spacial score (nSPS) is 17.5. The summed E-state index contributed by atoms with van der Waals surface area (Å²) in [5.41, 5.74) is 0. The number of hydrogen-bond donors (Lipinski definition) is 0. The number of rotatable bonds is 5. The Hall–Kier alpha value is 0.137. The Morgan fingerprint density at radius 3 is 2.00 bits per heavy atom. The zero-order valence-corrected chi connectivity index (χ0v) is 11.1. The van der Waals surface area contributed by atoms with Gasteiger partial charge in [0.1, 0.15) is 0 Å². The average molecular weight is 204 g/mol. The Bertz CT molecular complexity index is 157. The van der Waals surface area contributed by atoms with E-state index in [-0.39, 0.29) is 11.1 Å². The van der Waals surface area contributed by atoms with Crippen molar-refractivity contribution in [2.45, 2.75) is 58.7 Å². The molecule has 0 aromatic heterocycles. The second-order valence-electron chi connectivity index (χ2n) is 4.55. The predicted octanol–water partition coefficient (Wildman–Crippen LogP) is 3.32. The third-order valence-electron chi connectivity index (χ3n) is 2.96. The fraction of sp³-hybridized carbons (Fsp3) is 1.00. The SMILES string of the molecule is CCC(C)(C)[Si](C)(OC)OC(C)C. The molecular formula is C10H24O2Si. The van der Waals surface area contributed by atoms with E-state index in [4.69, 9.17) is 8.85 Å². The smallest absolute Gasteiger partial charge is 0.340 e. The molecule has 3 heteroatoms. The van der Waals surface area contributed by atoms with E-state index < -0.39 is 8.56 Å². The van der Waals surface area contributed by atoms with Gasteiger partial charge in [-0.05, 0) is 26.8 Å². The molecule has 80 valence electrons. The lowest BCUT2D eigenvalue weighted by Crippen LogP contribution is -2.49. The first-order chi connectivity index (χ1) is 5.79. The van der Waals surface area contributed by atoms with Crippen molar-refractivity contribution in [3.05, 3.63) is 0 Å². The first-order valence-electron chi connectivity index (χ1n) is 5.02. The molecule has 1 unspecified atom stereocenters. The Morgan fingerprint density at radius 2 is 1.77 bits per heavy atom. The molecular weight excluding hydrogens is 180 g/mol. The van der Waals surface area contributed by atoms with Crippen molar-refractivity contribution in [1.82, 2.24) is 0 Å². The summed E-state index contributed by atoms with van der Waals surface area (Å²) in [7, 11) is -0.244. The van der Waals surface area contributed by atoms with Gasteiger partial charge >= 0.3 is 8.56 Å². The predicted molar refractivity (Wildman–Crippen MR) is 59.2 cm³/mol. The molecule has 1 atom stereocenters. The van der Waals surface area contributed by atoms with E-state index in [9.17, 15) is 0 Å². The molecule has 0 saturated heterocycles. The van der Waals surface area contributed by atoms with Gasteiger partial charge in [0, 0.05) is 18.3 Å². The average Bonchev–Trinajstić information content (AvgIpc) is 2.02. The van der Waals surface area contributed by atoms with Gasteiger partial charge in [-0.15, -0.1) is 0 Å². The summed E-state index contributed by atoms with van der Waals surface area (Å²) >= 11 is 0. The monoisotopic (exact) mass is 204 g/mol. The fourth-order valence-corrected chi connectivity index (χ4v) is 3.76. The van der Waals surface area contributed by atoms with E-state index in [1.165, 1.54) is 0 Å². The molecule has 0 N–H and O–H groups in total. The van der Waals surface area contributed by atoms with Gasteiger partial charge in [-0.3, -0.25) is 0 Å². The van der Waals surface area contributed by atoms with Crippen LogP contribution >= 0.6 is 0 Å². The molecule has 0 fully saturated rings. The first-order valence-corrected chi connectivity index (χ1v) is 7.33. The van der Waals surface area contributed by atoms with Gasteiger partial charge in [-0.1, -0.05) is 20.8 Å². The highest BCUT2D eigenvalue weighted by Gasteiger charge is 2.46. The van der Waals surface area contributed by atoms with Crippen LogP contribution in [0.5, 0.6) is 0 Å². The maximum absolute atomic E-state index is 5.96. The van der Waals surface area contributed by atoms with Crippen molar-refractivity contribution in [3.63, 3.8) is 0 Å². The van der Waals surface area contributed by atoms with E-state index in [0.29, 0.717) is 0 Å². The molecule has 0 aliphatic rings. The molecule has 13 heavy (non-hydrogen) atoms. The molecule has 0 rings (SSSR count). The highest BCUT2D eigenvalue weighted by molar-refractivity contribution is 6.69. The van der Waals surface area contributed by atoms with Gasteiger partial charge in [0.15, 0.2) is 0 Å². The van der Waals surface area contributed by atoms with E-state index in [0.717, 1.165) is 6.42 Å². The van der Waals surface area contributed by atoms with Crippen molar-refractivity contribution in [3.8, 4) is 0 Å². The molecule has 0 radical (unpaired) electrons. The first kappa shape index (κ1) is 13.1. The Balaban J connectivity index is 4.61. The molecule has 0 aliphatic carbocycles. The minimum absolute atomic E-state index is 0.173. The second-order valence-corrected chi connectivity index (χ2v) is 8.44. The van der Waals surface area contributed by atoms with Crippen LogP contribution < -0.4 is 0 Å². The van der Waals surface area contributed by atoms with Crippen molar-refractivity contribution in [2.75, 3.05) is 7.11 Å². The molecule has 0 aromatic carbocycles. The Morgan fingerprint density at radius 1 is 1.31 bits per heavy atom. The van der Waals surface area contributed by atoms with E-state index in [2.05, 4.69) is 41.2 Å². The van der Waals surface area contributed by atoms with Gasteiger partial charge in [0.05, 0.1) is 0 Å². The molecule has 0 heterocycles. The maximum Gasteiger partial charge on any atom is 0.340 e. The summed E-state index contributed by atoms with van der Waals surface area (Å²) in [4.78, 5) is 0.